The highest BCUT2D eigenvalue weighted by atomic mass is 32.1. The fraction of sp³-hybridized carbons (Fsp3) is 0.214. The van der Waals surface area contributed by atoms with Crippen molar-refractivity contribution in [1.82, 2.24) is 4.98 Å². The third-order valence-corrected chi connectivity index (χ3v) is 6.92. The number of amides is 3. The molecule has 1 aromatic heterocycles. The number of carbonyl (C=O) groups excluding carboxylic acids is 2. The van der Waals surface area contributed by atoms with Gasteiger partial charge in [-0.1, -0.05) is 56.4 Å². The molecule has 0 aliphatic carbocycles. The minimum Gasteiger partial charge on any atom is -0.406 e. The first kappa shape index (κ1) is 30.1. The molecule has 218 valence electrons. The number of nitrogens with zero attached hydrogens (tertiary/aromatic N) is 4. The van der Waals surface area contributed by atoms with E-state index in [1.165, 1.54) is 29.2 Å². The Kier molecular flexibility index (Phi) is 8.56. The summed E-state index contributed by atoms with van der Waals surface area (Å²) < 4.78 is 42.4. The lowest BCUT2D eigenvalue weighted by Gasteiger charge is -2.25. The molecule has 3 aromatic carbocycles. The van der Waals surface area contributed by atoms with E-state index in [0.717, 1.165) is 23.0 Å². The van der Waals surface area contributed by atoms with Crippen molar-refractivity contribution < 1.29 is 27.5 Å². The quantitative estimate of drug-likeness (QED) is 0.122. The molecule has 0 aliphatic heterocycles. The number of aliphatic imine (C=N–C) groups is 1. The number of fused-ring (bicyclic) bond motifs is 1. The number of anilines is 2. The molecule has 0 aliphatic rings. The highest BCUT2D eigenvalue weighted by molar-refractivity contribution is 7.22. The molecule has 10 nitrogen and oxygen atoms in total. The van der Waals surface area contributed by atoms with Crippen molar-refractivity contribution in [3.8, 4) is 5.75 Å². The number of hydrogen-bond acceptors (Lipinski definition) is 6. The van der Waals surface area contributed by atoms with Crippen molar-refractivity contribution in [3.05, 3.63) is 83.4 Å². The SMILES string of the molecule is CC(C)(C)c1ccc(N(Cc2ccc(C(=O)N=C(N)N=N)cc2)C(=O)Nc2nc3cc(OC(F)(F)F)ccc3s2)cc1. The normalized spacial score (nSPS) is 12.2. The van der Waals surface area contributed by atoms with Crippen LogP contribution < -0.4 is 20.7 Å². The third kappa shape index (κ3) is 7.66. The molecule has 4 rings (SSSR count). The summed E-state index contributed by atoms with van der Waals surface area (Å²) in [5.41, 5.74) is 14.8. The maximum absolute atomic E-state index is 13.6. The van der Waals surface area contributed by atoms with E-state index >= 15 is 0 Å². The molecule has 0 saturated heterocycles. The number of nitrogens with one attached hydrogen (secondary N) is 2. The monoisotopic (exact) mass is 597 g/mol. The van der Waals surface area contributed by atoms with Gasteiger partial charge in [-0.15, -0.1) is 18.3 Å². The van der Waals surface area contributed by atoms with Gasteiger partial charge >= 0.3 is 12.4 Å². The van der Waals surface area contributed by atoms with Crippen LogP contribution >= 0.6 is 11.3 Å². The Bertz CT molecular complexity index is 1640. The molecule has 3 amide bonds. The maximum atomic E-state index is 13.6. The molecule has 1 heterocycles. The molecule has 0 atom stereocenters. The van der Waals surface area contributed by atoms with E-state index in [-0.39, 0.29) is 28.2 Å². The number of rotatable bonds is 6. The summed E-state index contributed by atoms with van der Waals surface area (Å²) >= 11 is 1.10. The van der Waals surface area contributed by atoms with E-state index in [1.807, 2.05) is 24.3 Å². The highest BCUT2D eigenvalue weighted by Gasteiger charge is 2.31. The second kappa shape index (κ2) is 11.9. The number of nitrogens with two attached hydrogens (primary N) is 1. The van der Waals surface area contributed by atoms with Crippen LogP contribution in [0.4, 0.5) is 28.8 Å². The van der Waals surface area contributed by atoms with Gasteiger partial charge < -0.3 is 10.5 Å². The van der Waals surface area contributed by atoms with Crippen LogP contribution in [0.5, 0.6) is 5.75 Å². The van der Waals surface area contributed by atoms with Gasteiger partial charge in [-0.05, 0) is 52.9 Å². The predicted octanol–water partition coefficient (Wildman–Crippen LogP) is 7.22. The van der Waals surface area contributed by atoms with E-state index in [9.17, 15) is 22.8 Å². The van der Waals surface area contributed by atoms with E-state index in [4.69, 9.17) is 11.3 Å². The van der Waals surface area contributed by atoms with Gasteiger partial charge in [0.05, 0.1) is 16.8 Å². The Labute approximate surface area is 242 Å². The topological polar surface area (TPSA) is 146 Å². The Morgan fingerprint density at radius 2 is 1.71 bits per heavy atom. The number of hydrogen-bond donors (Lipinski definition) is 3. The fourth-order valence-electron chi connectivity index (χ4n) is 3.87. The smallest absolute Gasteiger partial charge is 0.406 e. The number of halogens is 3. The van der Waals surface area contributed by atoms with Crippen molar-refractivity contribution in [2.45, 2.75) is 39.1 Å². The lowest BCUT2D eigenvalue weighted by atomic mass is 9.87. The van der Waals surface area contributed by atoms with Gasteiger partial charge in [0.25, 0.3) is 5.91 Å². The van der Waals surface area contributed by atoms with E-state index in [1.54, 1.807) is 12.1 Å². The lowest BCUT2D eigenvalue weighted by molar-refractivity contribution is -0.274. The molecule has 4 aromatic rings. The average molecular weight is 598 g/mol. The fourth-order valence-corrected chi connectivity index (χ4v) is 4.70. The Morgan fingerprint density at radius 3 is 2.31 bits per heavy atom. The Morgan fingerprint density at radius 1 is 1.05 bits per heavy atom. The number of benzene rings is 3. The van der Waals surface area contributed by atoms with Gasteiger partial charge in [-0.2, -0.15) is 4.99 Å². The summed E-state index contributed by atoms with van der Waals surface area (Å²) in [6.45, 7) is 6.33. The van der Waals surface area contributed by atoms with Crippen LogP contribution in [0.15, 0.2) is 76.8 Å². The lowest BCUT2D eigenvalue weighted by Crippen LogP contribution is -2.34. The number of ether oxygens (including phenoxy) is 1. The van der Waals surface area contributed by atoms with Gasteiger partial charge in [0.2, 0.25) is 5.96 Å². The standard InChI is InChI=1S/C28H26F3N7O3S/c1-27(2,3)18-8-10-19(11-9-18)38(15-16-4-6-17(7-5-16)23(39)35-24(32)37-33)26(40)36-25-34-21-14-20(41-28(29,30)31)12-13-22(21)42-25/h4-14,33H,15H2,1-3H3,(H2,32,35,39)(H,34,36,40). The summed E-state index contributed by atoms with van der Waals surface area (Å²) in [5, 5.41) is 5.83. The van der Waals surface area contributed by atoms with Crippen LogP contribution in [0.2, 0.25) is 0 Å². The second-order valence-corrected chi connectivity index (χ2v) is 11.1. The van der Waals surface area contributed by atoms with Crippen molar-refractivity contribution in [2.24, 2.45) is 15.8 Å². The molecule has 0 radical (unpaired) electrons. The van der Waals surface area contributed by atoms with E-state index in [2.05, 4.69) is 45.9 Å². The maximum Gasteiger partial charge on any atom is 0.573 e. The zero-order valence-corrected chi connectivity index (χ0v) is 23.5. The van der Waals surface area contributed by atoms with Crippen molar-refractivity contribution in [2.75, 3.05) is 10.2 Å². The first-order chi connectivity index (χ1) is 19.7. The number of guanidine groups is 1. The van der Waals surface area contributed by atoms with Crippen molar-refractivity contribution >= 4 is 50.3 Å². The molecule has 4 N–H and O–H groups in total. The van der Waals surface area contributed by atoms with Gasteiger partial charge in [-0.3, -0.25) is 15.0 Å². The average Bonchev–Trinajstić information content (AvgIpc) is 3.32. The summed E-state index contributed by atoms with van der Waals surface area (Å²) in [5.74, 6) is -1.55. The molecular formula is C28H26F3N7O3S. The number of urea groups is 1. The largest absolute Gasteiger partial charge is 0.573 e. The number of thiazole rings is 1. The Balaban J connectivity index is 1.60. The van der Waals surface area contributed by atoms with E-state index < -0.39 is 30.0 Å². The van der Waals surface area contributed by atoms with E-state index in [0.29, 0.717) is 16.0 Å². The molecule has 0 unspecified atom stereocenters. The molecule has 0 saturated carbocycles. The molecule has 14 heteroatoms. The van der Waals surface area contributed by atoms with Gasteiger partial charge in [-0.25, -0.2) is 15.3 Å². The number of carbonyl (C=O) groups is 2. The summed E-state index contributed by atoms with van der Waals surface area (Å²) in [6.07, 6.45) is -4.84. The van der Waals surface area contributed by atoms with Crippen LogP contribution in [0.3, 0.4) is 0 Å². The minimum atomic E-state index is -4.84. The summed E-state index contributed by atoms with van der Waals surface area (Å²) in [4.78, 5) is 35.0. The molecular weight excluding hydrogens is 571 g/mol. The number of aromatic nitrogens is 1. The third-order valence-electron chi connectivity index (χ3n) is 5.97. The van der Waals surface area contributed by atoms with Crippen LogP contribution in [0.25, 0.3) is 10.2 Å². The van der Waals surface area contributed by atoms with Crippen LogP contribution in [-0.4, -0.2) is 29.2 Å². The Hall–Kier alpha value is -4.85. The highest BCUT2D eigenvalue weighted by Crippen LogP contribution is 2.32. The zero-order chi connectivity index (χ0) is 30.7. The number of alkyl halides is 3. The molecule has 0 fully saturated rings. The van der Waals surface area contributed by atoms with Gasteiger partial charge in [0.15, 0.2) is 5.13 Å². The molecule has 0 bridgehead atoms. The summed E-state index contributed by atoms with van der Waals surface area (Å²) in [7, 11) is 0. The predicted molar refractivity (Wildman–Crippen MR) is 154 cm³/mol. The van der Waals surface area contributed by atoms with Crippen LogP contribution in [-0.2, 0) is 12.0 Å². The zero-order valence-electron chi connectivity index (χ0n) is 22.7. The van der Waals surface area contributed by atoms with Crippen LogP contribution in [0, 0.1) is 5.53 Å². The van der Waals surface area contributed by atoms with Gasteiger partial charge in [0.1, 0.15) is 5.75 Å². The van der Waals surface area contributed by atoms with Gasteiger partial charge in [0, 0.05) is 17.3 Å². The second-order valence-electron chi connectivity index (χ2n) is 10.1. The summed E-state index contributed by atoms with van der Waals surface area (Å²) in [6, 6.07) is 17.1. The van der Waals surface area contributed by atoms with Crippen LogP contribution in [0.1, 0.15) is 42.3 Å². The first-order valence-corrected chi connectivity index (χ1v) is 13.2. The minimum absolute atomic E-state index is 0.108. The van der Waals surface area contributed by atoms with Crippen molar-refractivity contribution in [3.63, 3.8) is 0 Å². The molecule has 0 spiro atoms. The first-order valence-electron chi connectivity index (χ1n) is 12.4. The van der Waals surface area contributed by atoms with Crippen molar-refractivity contribution in [1.29, 1.82) is 5.53 Å². The molecule has 42 heavy (non-hydrogen) atoms.